The Hall–Kier alpha value is -1.33. The zero-order valence-electron chi connectivity index (χ0n) is 13.0. The van der Waals surface area contributed by atoms with E-state index in [-0.39, 0.29) is 6.61 Å². The molecule has 0 unspecified atom stereocenters. The molecule has 0 amide bonds. The van der Waals surface area contributed by atoms with Gasteiger partial charge in [0, 0.05) is 11.8 Å². The number of aliphatic hydroxyl groups is 1. The van der Waals surface area contributed by atoms with Gasteiger partial charge in [-0.25, -0.2) is 0 Å². The van der Waals surface area contributed by atoms with Crippen molar-refractivity contribution < 1.29 is 5.11 Å². The Balaban J connectivity index is 1.88. The molecule has 0 fully saturated rings. The first-order chi connectivity index (χ1) is 10.8. The maximum absolute atomic E-state index is 9.43. The van der Waals surface area contributed by atoms with Crippen LogP contribution in [0.3, 0.4) is 0 Å². The van der Waals surface area contributed by atoms with E-state index in [2.05, 4.69) is 46.0 Å². The van der Waals surface area contributed by atoms with Gasteiger partial charge in [-0.15, -0.1) is 10.2 Å². The van der Waals surface area contributed by atoms with Crippen molar-refractivity contribution in [3.8, 4) is 0 Å². The highest BCUT2D eigenvalue weighted by Gasteiger charge is 2.22. The molecule has 1 aromatic heterocycles. The van der Waals surface area contributed by atoms with Gasteiger partial charge >= 0.3 is 0 Å². The highest BCUT2D eigenvalue weighted by Crippen LogP contribution is 2.42. The summed E-state index contributed by atoms with van der Waals surface area (Å²) in [4.78, 5) is 0. The summed E-state index contributed by atoms with van der Waals surface area (Å²) < 4.78 is 2.07. The van der Waals surface area contributed by atoms with Crippen LogP contribution in [0.25, 0.3) is 0 Å². The predicted molar refractivity (Wildman–Crippen MR) is 88.8 cm³/mol. The summed E-state index contributed by atoms with van der Waals surface area (Å²) in [6.45, 7) is 2.95. The average molecular weight is 317 g/mol. The van der Waals surface area contributed by atoms with Crippen molar-refractivity contribution in [2.75, 3.05) is 0 Å². The Morgan fingerprint density at radius 2 is 2.14 bits per heavy atom. The molecule has 5 heteroatoms. The zero-order valence-corrected chi connectivity index (χ0v) is 13.9. The van der Waals surface area contributed by atoms with Crippen LogP contribution in [0.4, 0.5) is 0 Å². The molecule has 1 N–H and O–H groups in total. The van der Waals surface area contributed by atoms with E-state index in [1.165, 1.54) is 36.8 Å². The first-order valence-corrected chi connectivity index (χ1v) is 8.98. The summed E-state index contributed by atoms with van der Waals surface area (Å²) in [5.74, 6) is 0.672. The van der Waals surface area contributed by atoms with Gasteiger partial charge in [0.05, 0.1) is 0 Å². The maximum atomic E-state index is 9.43. The van der Waals surface area contributed by atoms with Crippen molar-refractivity contribution in [2.45, 2.75) is 62.6 Å². The molecule has 1 aromatic carbocycles. The van der Waals surface area contributed by atoms with Crippen LogP contribution in [0, 0.1) is 0 Å². The van der Waals surface area contributed by atoms with Crippen LogP contribution < -0.4 is 0 Å². The lowest BCUT2D eigenvalue weighted by atomic mass is 10.0. The largest absolute Gasteiger partial charge is 0.388 e. The molecule has 0 saturated heterocycles. The lowest BCUT2D eigenvalue weighted by Gasteiger charge is -2.17. The number of nitrogens with zero attached hydrogens (tertiary/aromatic N) is 3. The molecule has 0 spiro atoms. The second-order valence-corrected chi connectivity index (χ2v) is 6.93. The van der Waals surface area contributed by atoms with Crippen LogP contribution in [0.2, 0.25) is 0 Å². The molecule has 1 aliphatic carbocycles. The van der Waals surface area contributed by atoms with Crippen molar-refractivity contribution in [2.24, 2.45) is 0 Å². The number of hydrogen-bond donors (Lipinski definition) is 1. The van der Waals surface area contributed by atoms with Crippen molar-refractivity contribution >= 4 is 11.8 Å². The van der Waals surface area contributed by atoms with Gasteiger partial charge in [0.1, 0.15) is 6.61 Å². The van der Waals surface area contributed by atoms with Gasteiger partial charge in [-0.1, -0.05) is 49.4 Å². The Morgan fingerprint density at radius 3 is 2.95 bits per heavy atom. The quantitative estimate of drug-likeness (QED) is 0.854. The van der Waals surface area contributed by atoms with Gasteiger partial charge in [-0.3, -0.25) is 0 Å². The first-order valence-electron chi connectivity index (χ1n) is 8.11. The van der Waals surface area contributed by atoms with E-state index in [0.29, 0.717) is 11.1 Å². The number of hydrogen-bond acceptors (Lipinski definition) is 4. The zero-order chi connectivity index (χ0) is 15.4. The Bertz CT molecular complexity index is 626. The minimum atomic E-state index is -0.0468. The van der Waals surface area contributed by atoms with E-state index in [9.17, 15) is 5.11 Å². The number of aryl methyl sites for hydroxylation is 1. The Morgan fingerprint density at radius 1 is 1.27 bits per heavy atom. The van der Waals surface area contributed by atoms with E-state index in [0.717, 1.165) is 18.1 Å². The van der Waals surface area contributed by atoms with Crippen LogP contribution in [0.1, 0.15) is 54.8 Å². The van der Waals surface area contributed by atoms with Gasteiger partial charge in [0.25, 0.3) is 0 Å². The highest BCUT2D eigenvalue weighted by atomic mass is 32.2. The third kappa shape index (κ3) is 3.20. The number of fused-ring (bicyclic) bond motifs is 1. The molecule has 118 valence electrons. The summed E-state index contributed by atoms with van der Waals surface area (Å²) in [6.07, 6.45) is 5.88. The number of benzene rings is 1. The molecule has 1 atom stereocenters. The van der Waals surface area contributed by atoms with Crippen molar-refractivity contribution in [1.82, 2.24) is 14.8 Å². The maximum Gasteiger partial charge on any atom is 0.191 e. The second kappa shape index (κ2) is 7.29. The third-order valence-electron chi connectivity index (χ3n) is 4.19. The smallest absolute Gasteiger partial charge is 0.191 e. The molecular formula is C17H23N3OS. The lowest BCUT2D eigenvalue weighted by molar-refractivity contribution is 0.263. The molecule has 3 rings (SSSR count). The summed E-state index contributed by atoms with van der Waals surface area (Å²) in [5, 5.41) is 19.3. The number of rotatable bonds is 5. The van der Waals surface area contributed by atoms with Gasteiger partial charge in [-0.2, -0.15) is 0 Å². The fourth-order valence-electron chi connectivity index (χ4n) is 3.10. The normalized spacial score (nSPS) is 18.0. The third-order valence-corrected chi connectivity index (χ3v) is 5.48. The highest BCUT2D eigenvalue weighted by molar-refractivity contribution is 7.99. The molecule has 0 radical (unpaired) electrons. The molecule has 4 nitrogen and oxygen atoms in total. The summed E-state index contributed by atoms with van der Waals surface area (Å²) in [5.41, 5.74) is 2.92. The molecular weight excluding hydrogens is 294 g/mol. The molecule has 22 heavy (non-hydrogen) atoms. The van der Waals surface area contributed by atoms with E-state index in [4.69, 9.17) is 0 Å². The Labute approximate surface area is 136 Å². The van der Waals surface area contributed by atoms with Crippen LogP contribution in [0.15, 0.2) is 29.4 Å². The Kier molecular flexibility index (Phi) is 5.16. The number of aliphatic hydroxyl groups excluding tert-OH is 1. The lowest BCUT2D eigenvalue weighted by Crippen LogP contribution is -2.06. The van der Waals surface area contributed by atoms with E-state index >= 15 is 0 Å². The van der Waals surface area contributed by atoms with Crippen molar-refractivity contribution in [3.63, 3.8) is 0 Å². The topological polar surface area (TPSA) is 50.9 Å². The average Bonchev–Trinajstić information content (AvgIpc) is 2.80. The molecule has 0 saturated carbocycles. The first kappa shape index (κ1) is 15.6. The SMILES string of the molecule is CCCn1c(CO)nnc1S[C@H]1CCCCc2ccccc21. The van der Waals surface area contributed by atoms with E-state index in [1.54, 1.807) is 11.8 Å². The standard InChI is InChI=1S/C17H23N3OS/c1-2-11-20-16(12-21)18-19-17(20)22-15-10-6-4-8-13-7-3-5-9-14(13)15/h3,5,7,9,15,21H,2,4,6,8,10-12H2,1H3/t15-/m0/s1. The molecule has 0 aliphatic heterocycles. The fraction of sp³-hybridized carbons (Fsp3) is 0.529. The van der Waals surface area contributed by atoms with Gasteiger partial charge in [-0.05, 0) is 36.8 Å². The van der Waals surface area contributed by atoms with Crippen LogP contribution >= 0.6 is 11.8 Å². The van der Waals surface area contributed by atoms with Crippen molar-refractivity contribution in [1.29, 1.82) is 0 Å². The monoisotopic (exact) mass is 317 g/mol. The van der Waals surface area contributed by atoms with Crippen LogP contribution in [-0.2, 0) is 19.6 Å². The molecule has 2 aromatic rings. The summed E-state index contributed by atoms with van der Waals surface area (Å²) in [7, 11) is 0. The molecule has 0 bridgehead atoms. The minimum Gasteiger partial charge on any atom is -0.388 e. The van der Waals surface area contributed by atoms with E-state index < -0.39 is 0 Å². The van der Waals surface area contributed by atoms with Crippen LogP contribution in [-0.4, -0.2) is 19.9 Å². The minimum absolute atomic E-state index is 0.0468. The van der Waals surface area contributed by atoms with Gasteiger partial charge in [0.2, 0.25) is 0 Å². The fourth-order valence-corrected chi connectivity index (χ4v) is 4.41. The molecule has 1 heterocycles. The summed E-state index contributed by atoms with van der Waals surface area (Å²) >= 11 is 1.80. The second-order valence-electron chi connectivity index (χ2n) is 5.76. The van der Waals surface area contributed by atoms with Gasteiger partial charge < -0.3 is 9.67 Å². The molecule has 1 aliphatic rings. The number of thioether (sulfide) groups is 1. The van der Waals surface area contributed by atoms with Gasteiger partial charge in [0.15, 0.2) is 11.0 Å². The predicted octanol–water partition coefficient (Wildman–Crippen LogP) is 3.74. The summed E-state index contributed by atoms with van der Waals surface area (Å²) in [6, 6.07) is 8.78. The van der Waals surface area contributed by atoms with E-state index in [1.807, 2.05) is 0 Å². The number of aromatic nitrogens is 3. The van der Waals surface area contributed by atoms with Crippen LogP contribution in [0.5, 0.6) is 0 Å². The van der Waals surface area contributed by atoms with Crippen molar-refractivity contribution in [3.05, 3.63) is 41.2 Å².